The molecule has 1 aliphatic rings. The van der Waals surface area contributed by atoms with Gasteiger partial charge in [0.15, 0.2) is 0 Å². The lowest BCUT2D eigenvalue weighted by molar-refractivity contribution is -0.274. The number of alkyl halides is 3. The topological polar surface area (TPSA) is 26.3 Å². The Hall–Kier alpha value is -1.52. The second-order valence-electron chi connectivity index (χ2n) is 3.66. The third-order valence-corrected chi connectivity index (χ3v) is 2.50. The molecule has 1 aliphatic carbocycles. The first-order valence-electron chi connectivity index (χ1n) is 4.84. The van der Waals surface area contributed by atoms with Crippen LogP contribution >= 0.6 is 0 Å². The number of carbonyl (C=O) groups excluding carboxylic acids is 1. The van der Waals surface area contributed by atoms with Crippen LogP contribution < -0.4 is 4.74 Å². The van der Waals surface area contributed by atoms with Gasteiger partial charge >= 0.3 is 6.36 Å². The Bertz CT molecular complexity index is 424. The second kappa shape index (κ2) is 3.81. The largest absolute Gasteiger partial charge is 0.573 e. The van der Waals surface area contributed by atoms with E-state index in [1.54, 1.807) is 6.07 Å². The maximum atomic E-state index is 12.1. The molecule has 5 heteroatoms. The fourth-order valence-corrected chi connectivity index (χ4v) is 1.85. The molecule has 0 unspecified atom stereocenters. The summed E-state index contributed by atoms with van der Waals surface area (Å²) >= 11 is 0. The van der Waals surface area contributed by atoms with Crippen molar-refractivity contribution in [2.45, 2.75) is 25.6 Å². The molecular weight excluding hydrogens is 221 g/mol. The maximum Gasteiger partial charge on any atom is 0.573 e. The predicted molar refractivity (Wildman–Crippen MR) is 50.2 cm³/mol. The average molecular weight is 230 g/mol. The lowest BCUT2D eigenvalue weighted by atomic mass is 9.90. The third-order valence-electron chi connectivity index (χ3n) is 2.50. The first-order valence-corrected chi connectivity index (χ1v) is 4.84. The zero-order valence-corrected chi connectivity index (χ0v) is 8.30. The summed E-state index contributed by atoms with van der Waals surface area (Å²) in [5.74, 6) is -0.130. The van der Waals surface area contributed by atoms with E-state index >= 15 is 0 Å². The van der Waals surface area contributed by atoms with Crippen LogP contribution in [0.2, 0.25) is 0 Å². The summed E-state index contributed by atoms with van der Waals surface area (Å²) in [6.45, 7) is 0. The molecule has 0 saturated heterocycles. The van der Waals surface area contributed by atoms with Crippen LogP contribution in [0.3, 0.4) is 0 Å². The number of carbonyl (C=O) groups is 1. The number of hydrogen-bond donors (Lipinski definition) is 0. The van der Waals surface area contributed by atoms with Gasteiger partial charge in [-0.05, 0) is 23.6 Å². The quantitative estimate of drug-likeness (QED) is 0.741. The van der Waals surface area contributed by atoms with Crippen LogP contribution in [0.5, 0.6) is 5.75 Å². The van der Waals surface area contributed by atoms with Crippen LogP contribution in [-0.2, 0) is 17.6 Å². The Labute approximate surface area is 90.0 Å². The molecule has 0 bridgehead atoms. The summed E-state index contributed by atoms with van der Waals surface area (Å²) in [6.07, 6.45) is -3.88. The van der Waals surface area contributed by atoms with Gasteiger partial charge in [-0.1, -0.05) is 12.1 Å². The lowest BCUT2D eigenvalue weighted by Crippen LogP contribution is -2.20. The highest BCUT2D eigenvalue weighted by Crippen LogP contribution is 2.32. The van der Waals surface area contributed by atoms with Crippen LogP contribution in [0.4, 0.5) is 13.2 Å². The molecule has 0 spiro atoms. The van der Waals surface area contributed by atoms with E-state index in [-0.39, 0.29) is 24.4 Å². The third kappa shape index (κ3) is 2.35. The molecule has 1 aromatic rings. The Morgan fingerprint density at radius 3 is 2.62 bits per heavy atom. The van der Waals surface area contributed by atoms with E-state index in [9.17, 15) is 18.0 Å². The summed E-state index contributed by atoms with van der Waals surface area (Å²) in [4.78, 5) is 11.2. The molecule has 0 saturated carbocycles. The van der Waals surface area contributed by atoms with E-state index < -0.39 is 6.36 Å². The van der Waals surface area contributed by atoms with E-state index in [4.69, 9.17) is 0 Å². The van der Waals surface area contributed by atoms with Gasteiger partial charge in [0.2, 0.25) is 0 Å². The van der Waals surface area contributed by atoms with Crippen molar-refractivity contribution < 1.29 is 22.7 Å². The average Bonchev–Trinajstić information content (AvgIpc) is 2.15. The summed E-state index contributed by atoms with van der Waals surface area (Å²) in [7, 11) is 0. The summed E-state index contributed by atoms with van der Waals surface area (Å²) in [6, 6.07) is 4.41. The maximum absolute atomic E-state index is 12.1. The smallest absolute Gasteiger partial charge is 0.405 e. The number of Topliss-reactive ketones (excluding diaryl/α,β-unsaturated/α-hetero) is 1. The Morgan fingerprint density at radius 1 is 1.19 bits per heavy atom. The summed E-state index contributed by atoms with van der Waals surface area (Å²) in [5.41, 5.74) is 1.14. The van der Waals surface area contributed by atoms with Crippen molar-refractivity contribution in [3.8, 4) is 5.75 Å². The van der Waals surface area contributed by atoms with Crippen molar-refractivity contribution >= 4 is 5.78 Å². The van der Waals surface area contributed by atoms with Gasteiger partial charge in [0.25, 0.3) is 0 Å². The molecule has 2 rings (SSSR count). The van der Waals surface area contributed by atoms with E-state index in [1.807, 2.05) is 0 Å². The van der Waals surface area contributed by atoms with Crippen LogP contribution in [0, 0.1) is 0 Å². The molecule has 16 heavy (non-hydrogen) atoms. The van der Waals surface area contributed by atoms with Crippen LogP contribution in [0.15, 0.2) is 18.2 Å². The van der Waals surface area contributed by atoms with Crippen LogP contribution in [0.1, 0.15) is 17.5 Å². The Morgan fingerprint density at radius 2 is 1.94 bits per heavy atom. The van der Waals surface area contributed by atoms with Crippen LogP contribution in [0.25, 0.3) is 0 Å². The number of fused-ring (bicyclic) bond motifs is 1. The normalized spacial score (nSPS) is 15.8. The summed E-state index contributed by atoms with van der Waals surface area (Å²) < 4.78 is 40.2. The van der Waals surface area contributed by atoms with Crippen molar-refractivity contribution in [3.05, 3.63) is 29.3 Å². The van der Waals surface area contributed by atoms with Gasteiger partial charge in [0, 0.05) is 12.8 Å². The van der Waals surface area contributed by atoms with Crippen molar-refractivity contribution in [1.82, 2.24) is 0 Å². The van der Waals surface area contributed by atoms with Crippen LogP contribution in [-0.4, -0.2) is 12.1 Å². The Balaban J connectivity index is 2.34. The van der Waals surface area contributed by atoms with E-state index in [0.717, 1.165) is 0 Å². The molecule has 2 nitrogen and oxygen atoms in total. The van der Waals surface area contributed by atoms with Gasteiger partial charge in [-0.3, -0.25) is 4.79 Å². The van der Waals surface area contributed by atoms with Crippen molar-refractivity contribution in [2.24, 2.45) is 0 Å². The van der Waals surface area contributed by atoms with Gasteiger partial charge in [0.1, 0.15) is 11.5 Å². The highest BCUT2D eigenvalue weighted by molar-refractivity contribution is 5.83. The zero-order chi connectivity index (χ0) is 11.8. The first kappa shape index (κ1) is 11.0. The number of benzene rings is 1. The minimum atomic E-state index is -4.68. The molecule has 0 radical (unpaired) electrons. The minimum absolute atomic E-state index is 0.0525. The number of hydrogen-bond acceptors (Lipinski definition) is 2. The van der Waals surface area contributed by atoms with Gasteiger partial charge in [-0.15, -0.1) is 13.2 Å². The molecule has 0 aromatic heterocycles. The molecule has 0 amide bonds. The number of ether oxygens (including phenoxy) is 1. The first-order chi connectivity index (χ1) is 7.46. The van der Waals surface area contributed by atoms with Crippen molar-refractivity contribution in [1.29, 1.82) is 0 Å². The zero-order valence-electron chi connectivity index (χ0n) is 8.30. The fraction of sp³-hybridized carbons (Fsp3) is 0.364. The monoisotopic (exact) mass is 230 g/mol. The highest BCUT2D eigenvalue weighted by Gasteiger charge is 2.33. The molecule has 0 atom stereocenters. The van der Waals surface area contributed by atoms with Gasteiger partial charge in [0.05, 0.1) is 0 Å². The van der Waals surface area contributed by atoms with Crippen molar-refractivity contribution in [2.75, 3.05) is 0 Å². The SMILES string of the molecule is O=C1CCc2c(cccc2OC(F)(F)F)C1. The van der Waals surface area contributed by atoms with Gasteiger partial charge < -0.3 is 4.74 Å². The van der Waals surface area contributed by atoms with E-state index in [0.29, 0.717) is 17.5 Å². The molecule has 0 heterocycles. The number of ketones is 1. The number of halogens is 3. The van der Waals surface area contributed by atoms with Crippen molar-refractivity contribution in [3.63, 3.8) is 0 Å². The Kier molecular flexibility index (Phi) is 2.61. The van der Waals surface area contributed by atoms with E-state index in [2.05, 4.69) is 4.74 Å². The molecule has 0 aliphatic heterocycles. The minimum Gasteiger partial charge on any atom is -0.405 e. The number of rotatable bonds is 1. The summed E-state index contributed by atoms with van der Waals surface area (Å²) in [5, 5.41) is 0. The molecule has 1 aromatic carbocycles. The molecular formula is C11H9F3O2. The lowest BCUT2D eigenvalue weighted by Gasteiger charge is -2.19. The standard InChI is InChI=1S/C11H9F3O2/c12-11(13,14)16-10-3-1-2-7-6-8(15)4-5-9(7)10/h1-3H,4-6H2. The molecule has 0 fully saturated rings. The van der Waals surface area contributed by atoms with E-state index in [1.165, 1.54) is 12.1 Å². The fourth-order valence-electron chi connectivity index (χ4n) is 1.85. The highest BCUT2D eigenvalue weighted by atomic mass is 19.4. The second-order valence-corrected chi connectivity index (χ2v) is 3.66. The van der Waals surface area contributed by atoms with Gasteiger partial charge in [-0.25, -0.2) is 0 Å². The van der Waals surface area contributed by atoms with Gasteiger partial charge in [-0.2, -0.15) is 0 Å². The molecule has 86 valence electrons. The molecule has 0 N–H and O–H groups in total. The predicted octanol–water partition coefficient (Wildman–Crippen LogP) is 2.64.